The van der Waals surface area contributed by atoms with Crippen LogP contribution in [-0.2, 0) is 19.1 Å². The molecule has 8 nitrogen and oxygen atoms in total. The van der Waals surface area contributed by atoms with Crippen LogP contribution >= 0.6 is 0 Å². The normalized spacial score (nSPS) is 40.6. The average Bonchev–Trinajstić information content (AvgIpc) is 3.00. The van der Waals surface area contributed by atoms with Crippen molar-refractivity contribution in [3.63, 3.8) is 0 Å². The summed E-state index contributed by atoms with van der Waals surface area (Å²) in [7, 11) is 1.33. The number of nitrogens with zero attached hydrogens (tertiary/aromatic N) is 1. The summed E-state index contributed by atoms with van der Waals surface area (Å²) in [5, 5.41) is 18.2. The molecule has 0 bridgehead atoms. The Morgan fingerprint density at radius 1 is 0.812 bits per heavy atom. The Morgan fingerprint density at radius 3 is 1.60 bits per heavy atom. The molecular formula is C40H65N3O5. The summed E-state index contributed by atoms with van der Waals surface area (Å²) in [6.07, 6.45) is 10.2. The lowest BCUT2D eigenvalue weighted by molar-refractivity contribution is -0.151. The van der Waals surface area contributed by atoms with E-state index in [0.29, 0.717) is 23.7 Å². The number of piperidine rings is 1. The van der Waals surface area contributed by atoms with Crippen molar-refractivity contribution in [2.24, 2.45) is 46.3 Å². The molecule has 48 heavy (non-hydrogen) atoms. The number of nitrogens with one attached hydrogen (secondary N) is 2. The molecule has 270 valence electrons. The number of amides is 2. The number of aliphatic hydroxyl groups is 1. The van der Waals surface area contributed by atoms with Gasteiger partial charge in [0.2, 0.25) is 11.8 Å². The first-order valence-electron chi connectivity index (χ1n) is 19.1. The number of ether oxygens (including phenoxy) is 1. The molecule has 1 aliphatic heterocycles. The van der Waals surface area contributed by atoms with Gasteiger partial charge < -0.3 is 20.5 Å². The van der Waals surface area contributed by atoms with E-state index in [9.17, 15) is 19.5 Å². The zero-order valence-electron chi connectivity index (χ0n) is 31.0. The van der Waals surface area contributed by atoms with Crippen molar-refractivity contribution in [3.8, 4) is 0 Å². The Kier molecular flexibility index (Phi) is 11.3. The number of carbonyl (C=O) groups excluding carboxylic acids is 3. The second-order valence-corrected chi connectivity index (χ2v) is 17.7. The van der Waals surface area contributed by atoms with Crippen LogP contribution in [0.5, 0.6) is 0 Å². The molecule has 5 aliphatic rings. The number of rotatable bonds is 8. The Hall–Kier alpha value is -2.19. The smallest absolute Gasteiger partial charge is 0.319 e. The molecule has 5 fully saturated rings. The molecular weight excluding hydrogens is 602 g/mol. The molecule has 0 unspecified atom stereocenters. The minimum atomic E-state index is -0.852. The van der Waals surface area contributed by atoms with Gasteiger partial charge >= 0.3 is 5.97 Å². The van der Waals surface area contributed by atoms with Crippen molar-refractivity contribution in [1.82, 2.24) is 15.5 Å². The maximum absolute atomic E-state index is 14.5. The van der Waals surface area contributed by atoms with E-state index >= 15 is 0 Å². The van der Waals surface area contributed by atoms with E-state index in [2.05, 4.69) is 65.3 Å². The van der Waals surface area contributed by atoms with E-state index in [-0.39, 0.29) is 66.0 Å². The van der Waals surface area contributed by atoms with Crippen molar-refractivity contribution in [2.45, 2.75) is 149 Å². The second-order valence-electron chi connectivity index (χ2n) is 17.7. The predicted molar refractivity (Wildman–Crippen MR) is 190 cm³/mol. The molecule has 2 amide bonds. The van der Waals surface area contributed by atoms with Gasteiger partial charge in [0, 0.05) is 23.9 Å². The zero-order chi connectivity index (χ0) is 35.1. The largest absolute Gasteiger partial charge is 0.468 e. The summed E-state index contributed by atoms with van der Waals surface area (Å²) in [6.45, 7) is 22.5. The minimum absolute atomic E-state index is 0.0839. The van der Waals surface area contributed by atoms with E-state index < -0.39 is 24.2 Å². The molecule has 1 saturated heterocycles. The maximum Gasteiger partial charge on any atom is 0.319 e. The van der Waals surface area contributed by atoms with Crippen LogP contribution in [0.2, 0.25) is 0 Å². The van der Waals surface area contributed by atoms with Gasteiger partial charge in [-0.25, -0.2) is 0 Å². The van der Waals surface area contributed by atoms with Gasteiger partial charge in [-0.1, -0.05) is 65.8 Å². The molecule has 4 aliphatic carbocycles. The molecule has 3 N–H and O–H groups in total. The number of carbonyl (C=O) groups is 3. The van der Waals surface area contributed by atoms with Gasteiger partial charge in [0.25, 0.3) is 0 Å². The Labute approximate surface area is 290 Å². The summed E-state index contributed by atoms with van der Waals surface area (Å²) in [4.78, 5) is 43.7. The van der Waals surface area contributed by atoms with Crippen LogP contribution in [0.3, 0.4) is 0 Å². The lowest BCUT2D eigenvalue weighted by Gasteiger charge is -2.55. The lowest BCUT2D eigenvalue weighted by atomic mass is 9.53. The van der Waals surface area contributed by atoms with Gasteiger partial charge in [-0.2, -0.15) is 0 Å². The van der Waals surface area contributed by atoms with Crippen molar-refractivity contribution in [3.05, 3.63) is 24.3 Å². The summed E-state index contributed by atoms with van der Waals surface area (Å²) in [5.41, 5.74) is 2.61. The van der Waals surface area contributed by atoms with E-state index in [4.69, 9.17) is 4.74 Å². The van der Waals surface area contributed by atoms with Gasteiger partial charge in [0.05, 0.1) is 31.8 Å². The van der Waals surface area contributed by atoms with Crippen molar-refractivity contribution in [1.29, 1.82) is 0 Å². The number of aliphatic hydroxyl groups excluding tert-OH is 1. The van der Waals surface area contributed by atoms with Gasteiger partial charge in [0.15, 0.2) is 0 Å². The van der Waals surface area contributed by atoms with E-state index in [1.165, 1.54) is 18.3 Å². The minimum Gasteiger partial charge on any atom is -0.468 e. The number of hydrogen-bond donors (Lipinski definition) is 3. The first-order chi connectivity index (χ1) is 22.6. The summed E-state index contributed by atoms with van der Waals surface area (Å²) >= 11 is 0. The van der Waals surface area contributed by atoms with Crippen LogP contribution in [0, 0.1) is 46.3 Å². The van der Waals surface area contributed by atoms with E-state index in [0.717, 1.165) is 64.2 Å². The average molecular weight is 668 g/mol. The number of esters is 1. The predicted octanol–water partition coefficient (Wildman–Crippen LogP) is 6.18. The fourth-order valence-corrected chi connectivity index (χ4v) is 11.3. The van der Waals surface area contributed by atoms with Crippen LogP contribution in [-0.4, -0.2) is 71.7 Å². The highest BCUT2D eigenvalue weighted by Crippen LogP contribution is 2.56. The highest BCUT2D eigenvalue weighted by Gasteiger charge is 2.53. The number of likely N-dealkylation sites (tertiary alicyclic amines) is 1. The molecule has 1 heterocycles. The van der Waals surface area contributed by atoms with E-state index in [1.54, 1.807) is 4.90 Å². The van der Waals surface area contributed by atoms with Gasteiger partial charge in [0.1, 0.15) is 0 Å². The fourth-order valence-electron chi connectivity index (χ4n) is 11.3. The Morgan fingerprint density at radius 2 is 1.23 bits per heavy atom. The van der Waals surface area contributed by atoms with Gasteiger partial charge in [-0.3, -0.25) is 19.3 Å². The number of fused-ring (bicyclic) bond motifs is 2. The SMILES string of the molecule is C=C1CCC[C@]2(C)CC[C@@H](C(C)C)[C@H](NC(=O)[C@H]3CC(O)C[C@H](C(=O)N[C@@H]4[C@H]5C(=C)CCC[C@]5(C)CC[C@H]4C(C)C)N3CC(=O)OC)[C@@H]12. The quantitative estimate of drug-likeness (QED) is 0.211. The van der Waals surface area contributed by atoms with Gasteiger partial charge in [-0.15, -0.1) is 0 Å². The first-order valence-corrected chi connectivity index (χ1v) is 19.1. The topological polar surface area (TPSA) is 108 Å². The first kappa shape index (κ1) is 37.1. The molecule has 10 atom stereocenters. The molecule has 0 aromatic rings. The molecule has 0 radical (unpaired) electrons. The molecule has 0 aromatic carbocycles. The van der Waals surface area contributed by atoms with Crippen LogP contribution in [0.1, 0.15) is 119 Å². The third-order valence-electron chi connectivity index (χ3n) is 13.9. The fraction of sp³-hybridized carbons (Fsp3) is 0.825. The van der Waals surface area contributed by atoms with Crippen LogP contribution in [0.25, 0.3) is 0 Å². The van der Waals surface area contributed by atoms with Crippen molar-refractivity contribution < 1.29 is 24.2 Å². The summed E-state index contributed by atoms with van der Waals surface area (Å²) in [6, 6.07) is -1.86. The van der Waals surface area contributed by atoms with Crippen molar-refractivity contribution >= 4 is 17.8 Å². The van der Waals surface area contributed by atoms with Crippen LogP contribution < -0.4 is 10.6 Å². The monoisotopic (exact) mass is 667 g/mol. The van der Waals surface area contributed by atoms with E-state index in [1.807, 2.05) is 0 Å². The molecule has 5 rings (SSSR count). The standard InChI is InChI=1S/C40H65N3O5/c1-23(2)28-14-18-39(7)16-10-12-25(5)33(39)35(28)41-37(46)30-20-27(44)21-31(43(30)22-32(45)48-9)38(47)42-36-29(24(3)4)15-19-40(8)17-11-13-26(6)34(36)40/h23-24,27-31,33-36,44H,5-6,10-22H2,1-4,7-9H3,(H,41,46)(H,42,47)/t28-,29-,30+,31+,33+,34+,35-,36-,39+,40+/m0/s1. The summed E-state index contributed by atoms with van der Waals surface area (Å²) in [5.74, 6) is 0.742. The third-order valence-corrected chi connectivity index (χ3v) is 13.9. The Bertz CT molecular complexity index is 1160. The van der Waals surface area contributed by atoms with Gasteiger partial charge in [-0.05, 0) is 112 Å². The third kappa shape index (κ3) is 7.17. The number of methoxy groups -OCH3 is 1. The highest BCUT2D eigenvalue weighted by atomic mass is 16.5. The Balaban J connectivity index is 1.44. The molecule has 8 heteroatoms. The maximum atomic E-state index is 14.5. The lowest BCUT2D eigenvalue weighted by Crippen LogP contribution is -2.66. The molecule has 0 spiro atoms. The van der Waals surface area contributed by atoms with Crippen LogP contribution in [0.15, 0.2) is 24.3 Å². The molecule has 0 aromatic heterocycles. The van der Waals surface area contributed by atoms with Crippen molar-refractivity contribution in [2.75, 3.05) is 13.7 Å². The zero-order valence-corrected chi connectivity index (χ0v) is 31.0. The second kappa shape index (κ2) is 14.6. The molecule has 4 saturated carbocycles. The highest BCUT2D eigenvalue weighted by molar-refractivity contribution is 5.87. The number of hydrogen-bond acceptors (Lipinski definition) is 6. The van der Waals surface area contributed by atoms with Crippen LogP contribution in [0.4, 0.5) is 0 Å². The summed E-state index contributed by atoms with van der Waals surface area (Å²) < 4.78 is 5.10.